The van der Waals surface area contributed by atoms with E-state index in [1.807, 2.05) is 19.1 Å². The molecule has 1 saturated heterocycles. The molecule has 0 aliphatic carbocycles. The van der Waals surface area contributed by atoms with Crippen LogP contribution in [0.5, 0.6) is 5.75 Å². The Hall–Kier alpha value is -5.62. The number of carbonyl (C=O) groups excluding carboxylic acids is 2. The smallest absolute Gasteiger partial charge is 0.416 e. The van der Waals surface area contributed by atoms with E-state index in [1.54, 1.807) is 28.7 Å². The van der Waals surface area contributed by atoms with Gasteiger partial charge >= 0.3 is 6.18 Å². The lowest BCUT2D eigenvalue weighted by atomic mass is 10.2. The van der Waals surface area contributed by atoms with Crippen molar-refractivity contribution < 1.29 is 27.9 Å². The lowest BCUT2D eigenvalue weighted by molar-refractivity contribution is -0.137. The summed E-state index contributed by atoms with van der Waals surface area (Å²) in [5.74, 6) is -1.12. The average Bonchev–Trinajstić information content (AvgIpc) is 3.76. The Kier molecular flexibility index (Phi) is 9.04. The third-order valence-corrected chi connectivity index (χ3v) is 10.0. The molecule has 6 aromatic rings. The molecule has 5 aromatic heterocycles. The van der Waals surface area contributed by atoms with Crippen molar-refractivity contribution in [2.75, 3.05) is 36.4 Å². The molecule has 1 aliphatic rings. The highest BCUT2D eigenvalue weighted by molar-refractivity contribution is 7.21. The highest BCUT2D eigenvalue weighted by Crippen LogP contribution is 2.34. The van der Waals surface area contributed by atoms with Gasteiger partial charge in [-0.3, -0.25) is 14.4 Å². The van der Waals surface area contributed by atoms with Crippen LogP contribution in [0, 0.1) is 6.92 Å². The van der Waals surface area contributed by atoms with Crippen LogP contribution in [0.3, 0.4) is 0 Å². The number of rotatable bonds is 7. The largest absolute Gasteiger partial charge is 0.504 e. The quantitative estimate of drug-likeness (QED) is 0.232. The number of amides is 2. The Morgan fingerprint density at radius 1 is 1.08 bits per heavy atom. The molecule has 0 radical (unpaired) electrons. The van der Waals surface area contributed by atoms with Gasteiger partial charge in [-0.25, -0.2) is 15.0 Å². The van der Waals surface area contributed by atoms with Crippen molar-refractivity contribution in [3.05, 3.63) is 86.9 Å². The van der Waals surface area contributed by atoms with Gasteiger partial charge in [0.25, 0.3) is 11.5 Å². The number of halogens is 4. The molecule has 0 saturated carbocycles. The summed E-state index contributed by atoms with van der Waals surface area (Å²) in [5, 5.41) is 18.1. The van der Waals surface area contributed by atoms with E-state index >= 15 is 0 Å². The normalized spacial score (nSPS) is 13.7. The molecule has 19 heteroatoms. The van der Waals surface area contributed by atoms with Gasteiger partial charge in [-0.15, -0.1) is 16.4 Å². The number of alkyl halides is 3. The van der Waals surface area contributed by atoms with Crippen LogP contribution in [0.2, 0.25) is 5.02 Å². The van der Waals surface area contributed by atoms with E-state index in [1.165, 1.54) is 22.6 Å². The van der Waals surface area contributed by atoms with Gasteiger partial charge in [0.05, 0.1) is 32.5 Å². The predicted octanol–water partition coefficient (Wildman–Crippen LogP) is 4.81. The van der Waals surface area contributed by atoms with Crippen molar-refractivity contribution >= 4 is 62.1 Å². The van der Waals surface area contributed by atoms with E-state index in [-0.39, 0.29) is 77.7 Å². The Bertz CT molecular complexity index is 2410. The Morgan fingerprint density at radius 2 is 1.85 bits per heavy atom. The number of hydrogen-bond donors (Lipinski definition) is 2. The van der Waals surface area contributed by atoms with Gasteiger partial charge in [-0.1, -0.05) is 24.6 Å². The van der Waals surface area contributed by atoms with E-state index in [4.69, 9.17) is 16.6 Å². The summed E-state index contributed by atoms with van der Waals surface area (Å²) in [5.41, 5.74) is -0.637. The molecule has 268 valence electrons. The van der Waals surface area contributed by atoms with Gasteiger partial charge in [0.1, 0.15) is 23.4 Å². The van der Waals surface area contributed by atoms with Crippen LogP contribution < -0.4 is 15.8 Å². The minimum atomic E-state index is -4.62. The second-order valence-corrected chi connectivity index (χ2v) is 13.3. The van der Waals surface area contributed by atoms with E-state index < -0.39 is 35.7 Å². The van der Waals surface area contributed by atoms with Crippen molar-refractivity contribution in [2.45, 2.75) is 33.0 Å². The Labute approximate surface area is 301 Å². The topological polar surface area (TPSA) is 164 Å². The first-order chi connectivity index (χ1) is 24.8. The third kappa shape index (κ3) is 6.38. The minimum Gasteiger partial charge on any atom is -0.504 e. The molecule has 14 nitrogen and oxygen atoms in total. The van der Waals surface area contributed by atoms with Crippen molar-refractivity contribution in [1.82, 2.24) is 39.0 Å². The maximum Gasteiger partial charge on any atom is 0.416 e. The molecular formula is C33H28ClF3N10O4S. The first-order valence-electron chi connectivity index (χ1n) is 15.9. The Morgan fingerprint density at radius 3 is 2.54 bits per heavy atom. The zero-order valence-electron chi connectivity index (χ0n) is 27.5. The van der Waals surface area contributed by atoms with Gasteiger partial charge in [0.15, 0.2) is 17.3 Å². The average molecular weight is 753 g/mol. The summed E-state index contributed by atoms with van der Waals surface area (Å²) in [4.78, 5) is 62.7. The summed E-state index contributed by atoms with van der Waals surface area (Å²) in [6.45, 7) is 3.80. The van der Waals surface area contributed by atoms with Crippen LogP contribution in [0.15, 0.2) is 53.7 Å². The lowest BCUT2D eigenvalue weighted by Crippen LogP contribution is -2.51. The van der Waals surface area contributed by atoms with E-state index in [2.05, 4.69) is 25.4 Å². The number of carbonyl (C=O) groups is 2. The molecule has 2 N–H and O–H groups in total. The van der Waals surface area contributed by atoms with Crippen LogP contribution in [0.1, 0.15) is 34.4 Å². The second kappa shape index (κ2) is 13.5. The van der Waals surface area contributed by atoms with Crippen LogP contribution in [-0.2, 0) is 23.9 Å². The van der Waals surface area contributed by atoms with Gasteiger partial charge in [0.2, 0.25) is 11.7 Å². The zero-order chi connectivity index (χ0) is 36.9. The molecule has 6 heterocycles. The van der Waals surface area contributed by atoms with E-state index in [0.29, 0.717) is 10.6 Å². The minimum absolute atomic E-state index is 0.0272. The molecule has 1 fully saturated rings. The number of benzene rings is 1. The second-order valence-electron chi connectivity index (χ2n) is 11.9. The van der Waals surface area contributed by atoms with E-state index in [0.717, 1.165) is 32.9 Å². The first-order valence-corrected chi connectivity index (χ1v) is 17.1. The summed E-state index contributed by atoms with van der Waals surface area (Å²) in [7, 11) is 0. The van der Waals surface area contributed by atoms with Gasteiger partial charge in [0, 0.05) is 37.8 Å². The fraction of sp³-hybridized carbons (Fsp3) is 0.273. The van der Waals surface area contributed by atoms with Crippen LogP contribution in [-0.4, -0.2) is 82.1 Å². The number of aryl methyl sites for hydroxylation is 1. The van der Waals surface area contributed by atoms with E-state index in [9.17, 15) is 32.7 Å². The summed E-state index contributed by atoms with van der Waals surface area (Å²) in [6, 6.07) is 8.16. The number of anilines is 2. The fourth-order valence-electron chi connectivity index (χ4n) is 6.05. The summed E-state index contributed by atoms with van der Waals surface area (Å²) < 4.78 is 42.4. The predicted molar refractivity (Wildman–Crippen MR) is 187 cm³/mol. The number of nitrogens with zero attached hydrogens (tertiary/aromatic N) is 9. The number of hydrogen-bond acceptors (Lipinski definition) is 11. The number of fused-ring (bicyclic) bond motifs is 2. The maximum absolute atomic E-state index is 14.3. The molecule has 0 spiro atoms. The van der Waals surface area contributed by atoms with Crippen molar-refractivity contribution in [3.63, 3.8) is 0 Å². The molecule has 0 unspecified atom stereocenters. The third-order valence-electron chi connectivity index (χ3n) is 8.64. The van der Waals surface area contributed by atoms with Gasteiger partial charge in [-0.2, -0.15) is 22.7 Å². The maximum atomic E-state index is 14.3. The monoisotopic (exact) mass is 752 g/mol. The van der Waals surface area contributed by atoms with Crippen LogP contribution >= 0.6 is 22.9 Å². The number of aromatic nitrogens is 7. The first kappa shape index (κ1) is 34.8. The Balaban J connectivity index is 1.26. The number of piperazine rings is 1. The molecular weight excluding hydrogens is 725 g/mol. The number of nitrogens with one attached hydrogen (secondary N) is 1. The van der Waals surface area contributed by atoms with Crippen LogP contribution in [0.4, 0.5) is 24.5 Å². The standard InChI is InChI=1S/C33H28ClF3N10O4S/c1-3-22-26(44-9-11-45(12-10-44)30(50)25-27(49)17(2)39-16-40-25)31(51)47-32(42-28(43-47)23-13-18-5-4-8-38-29(18)52-23)46(22)15-24(48)41-21-7-6-19(14-20(21)34)33(35,36)37/h4-8,13-14,16,49H,3,9-12,15H2,1-2H3,(H,41,48). The van der Waals surface area contributed by atoms with Crippen LogP contribution in [0.25, 0.3) is 26.7 Å². The summed E-state index contributed by atoms with van der Waals surface area (Å²) in [6.07, 6.45) is -1.48. The van der Waals surface area contributed by atoms with Gasteiger partial charge in [-0.05, 0) is 43.7 Å². The molecule has 1 aliphatic heterocycles. The molecule has 7 rings (SSSR count). The van der Waals surface area contributed by atoms with Crippen molar-refractivity contribution in [3.8, 4) is 16.5 Å². The molecule has 52 heavy (non-hydrogen) atoms. The number of pyridine rings is 1. The number of aromatic hydroxyl groups is 1. The lowest BCUT2D eigenvalue weighted by Gasteiger charge is -2.36. The molecule has 0 atom stereocenters. The van der Waals surface area contributed by atoms with Crippen molar-refractivity contribution in [2.24, 2.45) is 0 Å². The highest BCUT2D eigenvalue weighted by Gasteiger charge is 2.32. The highest BCUT2D eigenvalue weighted by atomic mass is 35.5. The van der Waals surface area contributed by atoms with Gasteiger partial charge < -0.3 is 24.8 Å². The molecule has 2 amide bonds. The molecule has 0 bridgehead atoms. The zero-order valence-corrected chi connectivity index (χ0v) is 29.1. The number of thiophene rings is 1. The summed E-state index contributed by atoms with van der Waals surface area (Å²) >= 11 is 7.46. The molecule has 1 aromatic carbocycles. The SMILES string of the molecule is CCc1c(N2CCN(C(=O)c3ncnc(C)c3O)CC2)c(=O)n2nc(-c3cc4cccnc4s3)nc2n1CC(=O)Nc1ccc(C(F)(F)F)cc1Cl. The fourth-order valence-corrected chi connectivity index (χ4v) is 7.21. The van der Waals surface area contributed by atoms with Crippen molar-refractivity contribution in [1.29, 1.82) is 0 Å².